The Morgan fingerprint density at radius 3 is 2.28 bits per heavy atom. The van der Waals surface area contributed by atoms with Crippen LogP contribution in [0.25, 0.3) is 6.08 Å². The Bertz CT molecular complexity index is 1470. The number of imidazole rings is 1. The molecule has 0 spiro atoms. The summed E-state index contributed by atoms with van der Waals surface area (Å²) in [6.45, 7) is 12.2. The van der Waals surface area contributed by atoms with Gasteiger partial charge in [0.15, 0.2) is 11.4 Å². The van der Waals surface area contributed by atoms with Crippen LogP contribution in [0.1, 0.15) is 17.0 Å². The molecule has 0 radical (unpaired) electrons. The zero-order chi connectivity index (χ0) is 26.1. The topological polar surface area (TPSA) is 150 Å². The molecule has 1 aromatic heterocycles. The predicted octanol–water partition coefficient (Wildman–Crippen LogP) is 5.19. The zero-order valence-corrected chi connectivity index (χ0v) is 20.0. The third-order valence-corrected chi connectivity index (χ3v) is 6.26. The molecule has 0 atom stereocenters. The van der Waals surface area contributed by atoms with E-state index in [1.807, 2.05) is 11.0 Å². The lowest BCUT2D eigenvalue weighted by Gasteiger charge is -2.23. The lowest BCUT2D eigenvalue weighted by molar-refractivity contribution is 0.601. The number of nitriles is 2. The van der Waals surface area contributed by atoms with Gasteiger partial charge in [-0.05, 0) is 35.9 Å². The molecule has 0 saturated carbocycles. The number of rotatable bonds is 11. The molecule has 0 aliphatic rings. The molecule has 11 heteroatoms. The number of hydrogen-bond donors (Lipinski definition) is 2. The first-order valence-corrected chi connectivity index (χ1v) is 12.0. The molecule has 3 rings (SSSR count). The molecule has 0 bridgehead atoms. The highest BCUT2D eigenvalue weighted by Crippen LogP contribution is 2.33. The van der Waals surface area contributed by atoms with Crippen LogP contribution in [0.15, 0.2) is 89.5 Å². The number of nitrogens with zero attached hydrogens (tertiary/aromatic N) is 6. The van der Waals surface area contributed by atoms with Crippen LogP contribution in [0, 0.1) is 22.7 Å². The first kappa shape index (κ1) is 25.6. The maximum atomic E-state index is 13.1. The highest BCUT2D eigenvalue weighted by Gasteiger charge is 2.18. The first-order chi connectivity index (χ1) is 17.3. The Kier molecular flexibility index (Phi) is 8.13. The van der Waals surface area contributed by atoms with E-state index in [-0.39, 0.29) is 33.6 Å². The molecule has 3 aromatic rings. The van der Waals surface area contributed by atoms with Crippen molar-refractivity contribution >= 4 is 39.1 Å². The largest absolute Gasteiger partial charge is 0.364 e. The van der Waals surface area contributed by atoms with Crippen LogP contribution >= 0.6 is 0 Å². The molecule has 0 saturated heterocycles. The maximum Gasteiger partial charge on any atom is 0.261 e. The lowest BCUT2D eigenvalue weighted by atomic mass is 10.2. The van der Waals surface area contributed by atoms with Gasteiger partial charge in [-0.25, -0.2) is 8.42 Å². The van der Waals surface area contributed by atoms with Crippen molar-refractivity contribution in [3.63, 3.8) is 0 Å². The van der Waals surface area contributed by atoms with Crippen LogP contribution < -0.4 is 9.62 Å². The second-order valence-corrected chi connectivity index (χ2v) is 8.95. The number of nitrogens with one attached hydrogen (secondary N) is 2. The van der Waals surface area contributed by atoms with Gasteiger partial charge in [-0.2, -0.15) is 15.5 Å². The fourth-order valence-corrected chi connectivity index (χ4v) is 4.21. The molecule has 1 heterocycles. The van der Waals surface area contributed by atoms with Gasteiger partial charge in [0.25, 0.3) is 10.0 Å². The Morgan fingerprint density at radius 2 is 1.72 bits per heavy atom. The van der Waals surface area contributed by atoms with Gasteiger partial charge >= 0.3 is 0 Å². The minimum absolute atomic E-state index is 0.0461. The van der Waals surface area contributed by atoms with Crippen LogP contribution in [0.2, 0.25) is 0 Å². The number of H-pyrrole nitrogens is 1. The van der Waals surface area contributed by atoms with Crippen molar-refractivity contribution in [1.82, 2.24) is 9.97 Å². The van der Waals surface area contributed by atoms with Gasteiger partial charge < -0.3 is 9.88 Å². The molecule has 0 fully saturated rings. The Hall–Kier alpha value is -5.00. The standard InChI is InChI=1S/C25H22N8O2S/c1-4-13-33(14-5-2)19-9-12-21(30-31-25-28-23(16-26)24(17-27)29-25)22(15-19)32-36(34,35)20-10-7-18(6-3)8-11-20/h4-12,15,32H,1-3,13-14H2,(H,28,29)/b31-30+. The van der Waals surface area contributed by atoms with E-state index in [4.69, 9.17) is 10.5 Å². The Labute approximate surface area is 209 Å². The monoisotopic (exact) mass is 498 g/mol. The molecule has 36 heavy (non-hydrogen) atoms. The molecule has 0 aliphatic carbocycles. The summed E-state index contributed by atoms with van der Waals surface area (Å²) in [7, 11) is -3.98. The molecule has 0 aliphatic heterocycles. The number of hydrogen-bond acceptors (Lipinski definition) is 8. The number of aromatic amines is 1. The van der Waals surface area contributed by atoms with Crippen molar-refractivity contribution in [2.45, 2.75) is 4.90 Å². The summed E-state index contributed by atoms with van der Waals surface area (Å²) in [5, 5.41) is 26.2. The third-order valence-electron chi connectivity index (χ3n) is 4.88. The van der Waals surface area contributed by atoms with Crippen molar-refractivity contribution in [3.05, 3.63) is 91.3 Å². The molecule has 2 N–H and O–H groups in total. The lowest BCUT2D eigenvalue weighted by Crippen LogP contribution is -2.23. The quantitative estimate of drug-likeness (QED) is 0.274. The number of anilines is 2. The summed E-state index contributed by atoms with van der Waals surface area (Å²) < 4.78 is 28.9. The second kappa shape index (κ2) is 11.4. The van der Waals surface area contributed by atoms with Gasteiger partial charge in [0.1, 0.15) is 17.8 Å². The van der Waals surface area contributed by atoms with Gasteiger partial charge in [0, 0.05) is 18.8 Å². The van der Waals surface area contributed by atoms with E-state index in [2.05, 4.69) is 44.7 Å². The zero-order valence-electron chi connectivity index (χ0n) is 19.2. The fourth-order valence-electron chi connectivity index (χ4n) is 3.14. The van der Waals surface area contributed by atoms with Crippen molar-refractivity contribution in [3.8, 4) is 12.1 Å². The highest BCUT2D eigenvalue weighted by atomic mass is 32.2. The van der Waals surface area contributed by atoms with Crippen LogP contribution in [0.3, 0.4) is 0 Å². The molecule has 10 nitrogen and oxygen atoms in total. The van der Waals surface area contributed by atoms with Gasteiger partial charge in [-0.15, -0.1) is 23.4 Å². The van der Waals surface area contributed by atoms with Crippen LogP contribution in [-0.2, 0) is 10.0 Å². The Balaban J connectivity index is 2.05. The normalized spacial score (nSPS) is 10.8. The summed E-state index contributed by atoms with van der Waals surface area (Å²) in [5.74, 6) is -0.0686. The minimum Gasteiger partial charge on any atom is -0.364 e. The van der Waals surface area contributed by atoms with E-state index < -0.39 is 10.0 Å². The fraction of sp³-hybridized carbons (Fsp3) is 0.0800. The summed E-state index contributed by atoms with van der Waals surface area (Å²) in [6.07, 6.45) is 5.06. The Morgan fingerprint density at radius 1 is 1.03 bits per heavy atom. The average molecular weight is 499 g/mol. The first-order valence-electron chi connectivity index (χ1n) is 10.5. The van der Waals surface area contributed by atoms with E-state index in [9.17, 15) is 8.42 Å². The van der Waals surface area contributed by atoms with Gasteiger partial charge in [0.05, 0.1) is 10.6 Å². The van der Waals surface area contributed by atoms with E-state index >= 15 is 0 Å². The number of azo groups is 1. The molecular formula is C25H22N8O2S. The van der Waals surface area contributed by atoms with Crippen LogP contribution in [-0.4, -0.2) is 31.5 Å². The van der Waals surface area contributed by atoms with E-state index in [0.717, 1.165) is 5.56 Å². The highest BCUT2D eigenvalue weighted by molar-refractivity contribution is 7.92. The average Bonchev–Trinajstić information content (AvgIpc) is 3.30. The molecule has 2 aromatic carbocycles. The van der Waals surface area contributed by atoms with E-state index in [1.54, 1.807) is 54.6 Å². The predicted molar refractivity (Wildman–Crippen MR) is 139 cm³/mol. The molecular weight excluding hydrogens is 476 g/mol. The van der Waals surface area contributed by atoms with Gasteiger partial charge in [-0.1, -0.05) is 36.9 Å². The van der Waals surface area contributed by atoms with Gasteiger partial charge in [0.2, 0.25) is 5.95 Å². The third kappa shape index (κ3) is 5.91. The molecule has 0 amide bonds. The van der Waals surface area contributed by atoms with E-state index in [0.29, 0.717) is 18.8 Å². The smallest absolute Gasteiger partial charge is 0.261 e. The minimum atomic E-state index is -3.98. The second-order valence-electron chi connectivity index (χ2n) is 7.27. The van der Waals surface area contributed by atoms with Crippen molar-refractivity contribution in [1.29, 1.82) is 10.5 Å². The van der Waals surface area contributed by atoms with Crippen LogP contribution in [0.4, 0.5) is 23.0 Å². The van der Waals surface area contributed by atoms with Crippen molar-refractivity contribution < 1.29 is 8.42 Å². The molecule has 0 unspecified atom stereocenters. The van der Waals surface area contributed by atoms with Crippen molar-refractivity contribution in [2.24, 2.45) is 10.2 Å². The number of aromatic nitrogens is 2. The van der Waals surface area contributed by atoms with E-state index in [1.165, 1.54) is 12.1 Å². The summed E-state index contributed by atoms with van der Waals surface area (Å²) in [6, 6.07) is 14.8. The summed E-state index contributed by atoms with van der Waals surface area (Å²) in [5.41, 5.74) is 1.67. The summed E-state index contributed by atoms with van der Waals surface area (Å²) >= 11 is 0. The SMILES string of the molecule is C=CCN(CC=C)c1ccc(/N=N/c2nc(C#N)c(C#N)[nH]2)c(NS(=O)(=O)c2ccc(C=C)cc2)c1. The van der Waals surface area contributed by atoms with Crippen molar-refractivity contribution in [2.75, 3.05) is 22.7 Å². The summed E-state index contributed by atoms with van der Waals surface area (Å²) in [4.78, 5) is 8.48. The number of sulfonamides is 1. The number of benzene rings is 2. The van der Waals surface area contributed by atoms with Crippen LogP contribution in [0.5, 0.6) is 0 Å². The van der Waals surface area contributed by atoms with Gasteiger partial charge in [-0.3, -0.25) is 4.72 Å². The molecule has 180 valence electrons. The maximum absolute atomic E-state index is 13.1.